The van der Waals surface area contributed by atoms with E-state index < -0.39 is 11.6 Å². The minimum atomic E-state index is -1.63. The molecule has 4 aromatic heterocycles. The van der Waals surface area contributed by atoms with Crippen LogP contribution in [-0.2, 0) is 88.6 Å². The number of phenolic OH excluding ortho intramolecular Hbond substituents is 2. The Morgan fingerprint density at radius 3 is 1.24 bits per heavy atom. The van der Waals surface area contributed by atoms with E-state index in [1.807, 2.05) is 84.9 Å². The third-order valence-electron chi connectivity index (χ3n) is 10.5. The molecule has 0 atom stereocenters. The average molecular weight is 1030 g/mol. The smallest absolute Gasteiger partial charge is 0.340 e. The van der Waals surface area contributed by atoms with E-state index in [2.05, 4.69) is 43.6 Å². The Bertz CT molecular complexity index is 2460. The topological polar surface area (TPSA) is 197 Å². The van der Waals surface area contributed by atoms with Crippen LogP contribution >= 0.6 is 23.2 Å². The molecule has 0 bridgehead atoms. The van der Waals surface area contributed by atoms with Crippen molar-refractivity contribution in [1.82, 2.24) is 29.7 Å². The Morgan fingerprint density at radius 1 is 0.545 bits per heavy atom. The van der Waals surface area contributed by atoms with Crippen molar-refractivity contribution in [3.8, 4) is 23.0 Å². The van der Waals surface area contributed by atoms with Gasteiger partial charge in [0.05, 0.1) is 49.5 Å². The van der Waals surface area contributed by atoms with Crippen LogP contribution in [0.1, 0.15) is 81.2 Å². The predicted molar refractivity (Wildman–Crippen MR) is 244 cm³/mol. The minimum Gasteiger partial charge on any atom is -0.506 e. The fourth-order valence-corrected chi connectivity index (χ4v) is 8.38. The van der Waals surface area contributed by atoms with Gasteiger partial charge in [0.1, 0.15) is 23.0 Å². The van der Waals surface area contributed by atoms with Gasteiger partial charge in [0, 0.05) is 120 Å². The van der Waals surface area contributed by atoms with E-state index in [4.69, 9.17) is 32.7 Å². The fraction of sp³-hybridized carbons (Fsp3) is 0.204. The second-order valence-corrected chi connectivity index (χ2v) is 15.9. The van der Waals surface area contributed by atoms with Crippen LogP contribution in [0.5, 0.6) is 23.0 Å². The summed E-state index contributed by atoms with van der Waals surface area (Å²) in [4.78, 5) is 36.4. The van der Waals surface area contributed by atoms with Gasteiger partial charge in [-0.3, -0.25) is 29.7 Å². The van der Waals surface area contributed by atoms with Gasteiger partial charge in [0.2, 0.25) is 0 Å². The van der Waals surface area contributed by atoms with Crippen LogP contribution in [0.25, 0.3) is 0 Å². The molecule has 0 aliphatic carbocycles. The van der Waals surface area contributed by atoms with Crippen LogP contribution < -0.4 is 4.74 Å². The van der Waals surface area contributed by atoms with Crippen LogP contribution in [0.4, 0.5) is 0 Å². The number of benzene rings is 3. The van der Waals surface area contributed by atoms with Gasteiger partial charge in [-0.25, -0.2) is 4.79 Å². The zero-order chi connectivity index (χ0) is 43.2. The molecular weight excluding hydrogens is 986 g/mol. The number of halogens is 2. The van der Waals surface area contributed by atoms with Gasteiger partial charge in [0.15, 0.2) is 5.60 Å². The van der Waals surface area contributed by atoms with Gasteiger partial charge in [-0.2, -0.15) is 0 Å². The molecule has 0 radical (unpaired) electrons. The van der Waals surface area contributed by atoms with Crippen LogP contribution in [0.3, 0.4) is 0 Å². The van der Waals surface area contributed by atoms with E-state index in [0.29, 0.717) is 59.6 Å². The van der Waals surface area contributed by atoms with Crippen LogP contribution in [-0.4, -0.2) is 56.9 Å². The number of nitrogens with zero attached hydrogens (tertiary/aromatic N) is 6. The van der Waals surface area contributed by atoms with Crippen molar-refractivity contribution < 1.29 is 74.4 Å². The number of carbonyl (C=O) groups is 1. The van der Waals surface area contributed by atoms with Crippen molar-refractivity contribution in [2.45, 2.75) is 65.1 Å². The van der Waals surface area contributed by atoms with Gasteiger partial charge in [-0.05, 0) is 66.7 Å². The van der Waals surface area contributed by atoms with Gasteiger partial charge < -0.3 is 30.6 Å². The first-order chi connectivity index (χ1) is 30.2. The molecule has 0 amide bonds. The minimum absolute atomic E-state index is 0. The number of pyridine rings is 4. The Kier molecular flexibility index (Phi) is 19.4. The number of aromatic hydroxyl groups is 2. The fourth-order valence-electron chi connectivity index (χ4n) is 7.93. The summed E-state index contributed by atoms with van der Waals surface area (Å²) in [5.41, 5.74) is 3.89. The summed E-state index contributed by atoms with van der Waals surface area (Å²) in [5.74, 6) is -0.532. The molecular formula is C49H48Cl2N6O7Zn2. The first-order valence-electron chi connectivity index (χ1n) is 20.3. The summed E-state index contributed by atoms with van der Waals surface area (Å²) >= 11 is 13.9. The molecule has 334 valence electrons. The predicted octanol–water partition coefficient (Wildman–Crippen LogP) is 8.72. The molecule has 17 heteroatoms. The average Bonchev–Trinajstić information content (AvgIpc) is 3.58. The maximum atomic E-state index is 13.9. The van der Waals surface area contributed by atoms with Crippen molar-refractivity contribution in [3.05, 3.63) is 200 Å². The molecule has 0 fully saturated rings. The van der Waals surface area contributed by atoms with E-state index >= 15 is 0 Å². The molecule has 7 aromatic rings. The number of carbonyl (C=O) groups excluding carboxylic acids is 1. The SMILES string of the molecule is CCC.O.O.O=C1OC2(c3ccccc31)c1cc(Cl)c(O)c(CN(Cc3ccccn3)Cc3ccccn3)c1Oc1c2cc(Cl)c(O)c1CN(Cc1ccccn1)Cc1ccccn1.[Zn].[Zn]. The number of esters is 1. The molecule has 2 aliphatic heterocycles. The number of hydrogen-bond donors (Lipinski definition) is 2. The summed E-state index contributed by atoms with van der Waals surface area (Å²) in [5, 5.41) is 23.9. The number of hydrogen-bond acceptors (Lipinski definition) is 11. The zero-order valence-electron chi connectivity index (χ0n) is 36.6. The Hall–Kier alpha value is -5.20. The number of aromatic nitrogens is 4. The van der Waals surface area contributed by atoms with Gasteiger partial charge in [0.25, 0.3) is 0 Å². The summed E-state index contributed by atoms with van der Waals surface area (Å²) in [7, 11) is 0. The third-order valence-corrected chi connectivity index (χ3v) is 11.1. The molecule has 0 saturated carbocycles. The molecule has 0 unspecified atom stereocenters. The second-order valence-electron chi connectivity index (χ2n) is 15.1. The van der Waals surface area contributed by atoms with Crippen LogP contribution in [0.2, 0.25) is 10.0 Å². The Labute approximate surface area is 418 Å². The Morgan fingerprint density at radius 2 is 0.894 bits per heavy atom. The molecule has 2 aliphatic rings. The molecule has 3 aromatic carbocycles. The normalized spacial score (nSPS) is 12.4. The van der Waals surface area contributed by atoms with Gasteiger partial charge in [-0.15, -0.1) is 0 Å². The number of ether oxygens (including phenoxy) is 2. The van der Waals surface area contributed by atoms with E-state index in [-0.39, 0.29) is 96.0 Å². The molecule has 6 N–H and O–H groups in total. The largest absolute Gasteiger partial charge is 0.506 e. The van der Waals surface area contributed by atoms with E-state index in [9.17, 15) is 15.0 Å². The standard InChI is InChI=1S/C46H36Cl2N6O5.C3H8.2H2O.2Zn/c47-39-21-37-43(34(41(39)55)27-53(23-29-11-3-7-17-49-29)24-30-12-4-8-18-50-30)58-44-35(28-54(25-31-13-5-9-19-51-31)26-32-14-6-10-20-52-32)42(56)40(48)22-38(44)46(37)36-16-2-1-15-33(36)45(57)59-46;1-3-2;;;;/h1-22,55-56H,23-28H2;3H2,1-2H3;2*1H2;;. The van der Waals surface area contributed by atoms with E-state index in [1.165, 1.54) is 6.42 Å². The maximum absolute atomic E-state index is 13.9. The van der Waals surface area contributed by atoms with Crippen molar-refractivity contribution >= 4 is 29.2 Å². The van der Waals surface area contributed by atoms with Gasteiger partial charge in [-0.1, -0.05) is 85.9 Å². The molecule has 0 saturated heterocycles. The number of fused-ring (bicyclic) bond motifs is 6. The first-order valence-corrected chi connectivity index (χ1v) is 21.1. The summed E-state index contributed by atoms with van der Waals surface area (Å²) in [6, 6.07) is 33.0. The summed E-state index contributed by atoms with van der Waals surface area (Å²) in [6.45, 7) is 6.02. The zero-order valence-corrected chi connectivity index (χ0v) is 44.1. The molecule has 13 nitrogen and oxygen atoms in total. The summed E-state index contributed by atoms with van der Waals surface area (Å²) in [6.07, 6.45) is 8.17. The second kappa shape index (κ2) is 24.0. The van der Waals surface area contributed by atoms with Crippen LogP contribution in [0.15, 0.2) is 134 Å². The first kappa shape index (κ1) is 53.4. The number of phenols is 2. The monoisotopic (exact) mass is 1030 g/mol. The Balaban J connectivity index is 0.00000133. The van der Waals surface area contributed by atoms with Crippen molar-refractivity contribution in [2.24, 2.45) is 0 Å². The summed E-state index contributed by atoms with van der Waals surface area (Å²) < 4.78 is 13.5. The maximum Gasteiger partial charge on any atom is 0.340 e. The molecule has 6 heterocycles. The third kappa shape index (κ3) is 11.1. The molecule has 1 spiro atoms. The molecule has 9 rings (SSSR count). The van der Waals surface area contributed by atoms with E-state index in [1.54, 1.807) is 49.1 Å². The van der Waals surface area contributed by atoms with E-state index in [0.717, 1.165) is 22.8 Å². The quantitative estimate of drug-likeness (QED) is 0.0877. The van der Waals surface area contributed by atoms with Gasteiger partial charge >= 0.3 is 5.97 Å². The number of rotatable bonds is 12. The van der Waals surface area contributed by atoms with Crippen molar-refractivity contribution in [3.63, 3.8) is 0 Å². The van der Waals surface area contributed by atoms with Crippen molar-refractivity contribution in [2.75, 3.05) is 0 Å². The van der Waals surface area contributed by atoms with Crippen molar-refractivity contribution in [1.29, 1.82) is 0 Å². The molecule has 66 heavy (non-hydrogen) atoms. The van der Waals surface area contributed by atoms with Crippen LogP contribution in [0, 0.1) is 0 Å².